The number of benzene rings is 2. The number of piperidine rings is 1. The zero-order chi connectivity index (χ0) is 20.9. The number of hydrogen-bond donors (Lipinski definition) is 1. The minimum absolute atomic E-state index is 0.0444. The van der Waals surface area contributed by atoms with Gasteiger partial charge in [0.1, 0.15) is 11.3 Å². The first-order chi connectivity index (χ1) is 14.6. The second kappa shape index (κ2) is 9.20. The highest BCUT2D eigenvalue weighted by Gasteiger charge is 2.23. The SMILES string of the molecule is CC(C)c1ccc(OCC(=O)NCC2CCN(c3nc4ccccc4o3)CC2)cc1. The molecule has 2 aromatic carbocycles. The summed E-state index contributed by atoms with van der Waals surface area (Å²) in [4.78, 5) is 18.9. The van der Waals surface area contributed by atoms with E-state index in [0.717, 1.165) is 42.8 Å². The van der Waals surface area contributed by atoms with E-state index in [0.29, 0.717) is 24.4 Å². The van der Waals surface area contributed by atoms with Crippen LogP contribution in [-0.2, 0) is 4.79 Å². The first-order valence-electron chi connectivity index (χ1n) is 10.7. The molecule has 0 spiro atoms. The topological polar surface area (TPSA) is 67.6 Å². The van der Waals surface area contributed by atoms with Crippen LogP contribution in [0.15, 0.2) is 52.9 Å². The van der Waals surface area contributed by atoms with E-state index in [1.54, 1.807) is 0 Å². The predicted octanol–water partition coefficient (Wildman–Crippen LogP) is 4.36. The Morgan fingerprint density at radius 1 is 1.17 bits per heavy atom. The van der Waals surface area contributed by atoms with Crippen molar-refractivity contribution in [3.8, 4) is 5.75 Å². The Bertz CT molecular complexity index is 940. The lowest BCUT2D eigenvalue weighted by Crippen LogP contribution is -2.39. The lowest BCUT2D eigenvalue weighted by molar-refractivity contribution is -0.123. The van der Waals surface area contributed by atoms with E-state index in [4.69, 9.17) is 9.15 Å². The Hall–Kier alpha value is -3.02. The number of fused-ring (bicyclic) bond motifs is 1. The molecule has 1 N–H and O–H groups in total. The molecule has 6 nitrogen and oxygen atoms in total. The third kappa shape index (κ3) is 4.93. The van der Waals surface area contributed by atoms with Crippen molar-refractivity contribution >= 4 is 23.0 Å². The van der Waals surface area contributed by atoms with Crippen molar-refractivity contribution in [3.63, 3.8) is 0 Å². The summed E-state index contributed by atoms with van der Waals surface area (Å²) in [6, 6.07) is 16.4. The van der Waals surface area contributed by atoms with Gasteiger partial charge in [0, 0.05) is 19.6 Å². The normalized spacial score (nSPS) is 15.0. The number of carbonyl (C=O) groups excluding carboxylic acids is 1. The average Bonchev–Trinajstić information content (AvgIpc) is 3.21. The Balaban J connectivity index is 1.18. The molecule has 0 radical (unpaired) electrons. The highest BCUT2D eigenvalue weighted by molar-refractivity contribution is 5.77. The molecule has 1 aromatic heterocycles. The molecule has 0 unspecified atom stereocenters. The van der Waals surface area contributed by atoms with Crippen LogP contribution in [0.2, 0.25) is 0 Å². The van der Waals surface area contributed by atoms with Crippen molar-refractivity contribution in [1.29, 1.82) is 0 Å². The van der Waals surface area contributed by atoms with Gasteiger partial charge in [-0.15, -0.1) is 0 Å². The molecule has 158 valence electrons. The fourth-order valence-corrected chi connectivity index (χ4v) is 3.73. The van der Waals surface area contributed by atoms with Crippen LogP contribution in [0.5, 0.6) is 5.75 Å². The average molecular weight is 408 g/mol. The van der Waals surface area contributed by atoms with Crippen molar-refractivity contribution in [2.75, 3.05) is 31.1 Å². The van der Waals surface area contributed by atoms with Crippen LogP contribution >= 0.6 is 0 Å². The molecule has 1 fully saturated rings. The summed E-state index contributed by atoms with van der Waals surface area (Å²) < 4.78 is 11.5. The molecular weight excluding hydrogens is 378 g/mol. The Morgan fingerprint density at radius 3 is 2.60 bits per heavy atom. The van der Waals surface area contributed by atoms with Gasteiger partial charge in [-0.05, 0) is 54.5 Å². The number of aromatic nitrogens is 1. The lowest BCUT2D eigenvalue weighted by atomic mass is 9.97. The number of oxazole rings is 1. The van der Waals surface area contributed by atoms with Crippen LogP contribution in [-0.4, -0.2) is 37.1 Å². The molecule has 3 aromatic rings. The number of rotatable bonds is 7. The number of carbonyl (C=O) groups is 1. The Kier molecular flexibility index (Phi) is 6.21. The summed E-state index contributed by atoms with van der Waals surface area (Å²) in [5.74, 6) is 1.59. The molecule has 0 aliphatic carbocycles. The van der Waals surface area contributed by atoms with Crippen LogP contribution in [0, 0.1) is 5.92 Å². The fourth-order valence-electron chi connectivity index (χ4n) is 3.73. The summed E-state index contributed by atoms with van der Waals surface area (Å²) in [5.41, 5.74) is 2.97. The van der Waals surface area contributed by atoms with Crippen LogP contribution in [0.3, 0.4) is 0 Å². The Morgan fingerprint density at radius 2 is 1.90 bits per heavy atom. The molecule has 0 atom stereocenters. The standard InChI is InChI=1S/C24H29N3O3/c1-17(2)19-7-9-20(10-8-19)29-16-23(28)25-15-18-11-13-27(14-12-18)24-26-21-5-3-4-6-22(21)30-24/h3-10,17-18H,11-16H2,1-2H3,(H,25,28). The minimum Gasteiger partial charge on any atom is -0.484 e. The number of nitrogens with zero attached hydrogens (tertiary/aromatic N) is 2. The molecular formula is C24H29N3O3. The van der Waals surface area contributed by atoms with E-state index < -0.39 is 0 Å². The first-order valence-corrected chi connectivity index (χ1v) is 10.7. The van der Waals surface area contributed by atoms with E-state index in [1.807, 2.05) is 48.5 Å². The van der Waals surface area contributed by atoms with Gasteiger partial charge in [-0.3, -0.25) is 4.79 Å². The number of ether oxygens (including phenoxy) is 1. The van der Waals surface area contributed by atoms with Gasteiger partial charge in [0.2, 0.25) is 0 Å². The van der Waals surface area contributed by atoms with Gasteiger partial charge in [0.15, 0.2) is 12.2 Å². The molecule has 1 aliphatic heterocycles. The Labute approximate surface area is 177 Å². The maximum absolute atomic E-state index is 12.1. The predicted molar refractivity (Wildman–Crippen MR) is 118 cm³/mol. The van der Waals surface area contributed by atoms with E-state index in [1.165, 1.54) is 5.56 Å². The van der Waals surface area contributed by atoms with E-state index in [-0.39, 0.29) is 12.5 Å². The van der Waals surface area contributed by atoms with Crippen LogP contribution in [0.25, 0.3) is 11.1 Å². The molecule has 0 saturated carbocycles. The summed E-state index contributed by atoms with van der Waals surface area (Å²) in [6.07, 6.45) is 1.99. The second-order valence-electron chi connectivity index (χ2n) is 8.21. The van der Waals surface area contributed by atoms with Gasteiger partial charge < -0.3 is 19.4 Å². The molecule has 0 bridgehead atoms. The zero-order valence-corrected chi connectivity index (χ0v) is 17.6. The third-order valence-corrected chi connectivity index (χ3v) is 5.67. The number of nitrogens with one attached hydrogen (secondary N) is 1. The van der Waals surface area contributed by atoms with Crippen molar-refractivity contribution in [3.05, 3.63) is 54.1 Å². The van der Waals surface area contributed by atoms with Crippen LogP contribution < -0.4 is 15.0 Å². The molecule has 2 heterocycles. The number of para-hydroxylation sites is 2. The molecule has 4 rings (SSSR count). The molecule has 1 aliphatic rings. The molecule has 1 amide bonds. The second-order valence-corrected chi connectivity index (χ2v) is 8.21. The summed E-state index contributed by atoms with van der Waals surface area (Å²) in [7, 11) is 0. The summed E-state index contributed by atoms with van der Waals surface area (Å²) >= 11 is 0. The van der Waals surface area contributed by atoms with Crippen LogP contribution in [0.4, 0.5) is 6.01 Å². The highest BCUT2D eigenvalue weighted by atomic mass is 16.5. The monoisotopic (exact) mass is 407 g/mol. The van der Waals surface area contributed by atoms with Gasteiger partial charge in [0.25, 0.3) is 11.9 Å². The minimum atomic E-state index is -0.0793. The smallest absolute Gasteiger partial charge is 0.298 e. The third-order valence-electron chi connectivity index (χ3n) is 5.67. The lowest BCUT2D eigenvalue weighted by Gasteiger charge is -2.30. The van der Waals surface area contributed by atoms with Crippen molar-refractivity contribution in [1.82, 2.24) is 10.3 Å². The number of hydrogen-bond acceptors (Lipinski definition) is 5. The van der Waals surface area contributed by atoms with E-state index in [9.17, 15) is 4.79 Å². The van der Waals surface area contributed by atoms with E-state index >= 15 is 0 Å². The quantitative estimate of drug-likeness (QED) is 0.630. The van der Waals surface area contributed by atoms with Gasteiger partial charge >= 0.3 is 0 Å². The zero-order valence-electron chi connectivity index (χ0n) is 17.6. The molecule has 30 heavy (non-hydrogen) atoms. The number of anilines is 1. The summed E-state index contributed by atoms with van der Waals surface area (Å²) in [5, 5.41) is 3.01. The van der Waals surface area contributed by atoms with Crippen molar-refractivity contribution in [2.45, 2.75) is 32.6 Å². The van der Waals surface area contributed by atoms with Gasteiger partial charge in [-0.25, -0.2) is 0 Å². The first kappa shape index (κ1) is 20.3. The largest absolute Gasteiger partial charge is 0.484 e. The highest BCUT2D eigenvalue weighted by Crippen LogP contribution is 2.26. The van der Waals surface area contributed by atoms with E-state index in [2.05, 4.69) is 29.0 Å². The number of amides is 1. The van der Waals surface area contributed by atoms with Gasteiger partial charge in [-0.2, -0.15) is 4.98 Å². The molecule has 6 heteroatoms. The van der Waals surface area contributed by atoms with Gasteiger partial charge in [0.05, 0.1) is 0 Å². The van der Waals surface area contributed by atoms with Crippen molar-refractivity contribution < 1.29 is 13.9 Å². The summed E-state index contributed by atoms with van der Waals surface area (Å²) in [6.45, 7) is 6.79. The van der Waals surface area contributed by atoms with Crippen molar-refractivity contribution in [2.24, 2.45) is 5.92 Å². The molecule has 1 saturated heterocycles. The maximum atomic E-state index is 12.1. The fraction of sp³-hybridized carbons (Fsp3) is 0.417. The van der Waals surface area contributed by atoms with Gasteiger partial charge in [-0.1, -0.05) is 38.1 Å². The maximum Gasteiger partial charge on any atom is 0.298 e. The van der Waals surface area contributed by atoms with Crippen LogP contribution in [0.1, 0.15) is 38.2 Å².